The average Bonchev–Trinajstić information content (AvgIpc) is 3.05. The standard InChI is InChI=1S/C14H23N5/c1-4-9-19-13(6-8-16-19)11-15-14-7-10-18(17-14)12(3)5-2/h6-8,10,12H,4-5,9,11H2,1-3H3,(H,15,17). The van der Waals surface area contributed by atoms with Crippen LogP contribution in [0.25, 0.3) is 0 Å². The SMILES string of the molecule is CCCn1nccc1CNc1ccn(C(C)CC)n1. The van der Waals surface area contributed by atoms with Gasteiger partial charge in [0.2, 0.25) is 0 Å². The predicted octanol–water partition coefficient (Wildman–Crippen LogP) is 3.07. The van der Waals surface area contributed by atoms with E-state index in [1.165, 1.54) is 5.69 Å². The molecule has 0 fully saturated rings. The lowest BCUT2D eigenvalue weighted by atomic mass is 10.3. The van der Waals surface area contributed by atoms with Crippen molar-refractivity contribution in [3.8, 4) is 0 Å². The summed E-state index contributed by atoms with van der Waals surface area (Å²) in [6.07, 6.45) is 6.06. The molecule has 0 radical (unpaired) electrons. The van der Waals surface area contributed by atoms with Gasteiger partial charge in [-0.1, -0.05) is 13.8 Å². The molecule has 104 valence electrons. The molecule has 2 heterocycles. The summed E-state index contributed by atoms with van der Waals surface area (Å²) in [7, 11) is 0. The normalized spacial score (nSPS) is 12.6. The van der Waals surface area contributed by atoms with E-state index in [0.29, 0.717) is 6.04 Å². The van der Waals surface area contributed by atoms with E-state index in [4.69, 9.17) is 0 Å². The second-order valence-electron chi connectivity index (χ2n) is 4.84. The summed E-state index contributed by atoms with van der Waals surface area (Å²) < 4.78 is 4.05. The third-order valence-corrected chi connectivity index (χ3v) is 3.34. The quantitative estimate of drug-likeness (QED) is 0.833. The first-order valence-electron chi connectivity index (χ1n) is 7.04. The average molecular weight is 261 g/mol. The smallest absolute Gasteiger partial charge is 0.148 e. The van der Waals surface area contributed by atoms with Crippen molar-refractivity contribution in [1.29, 1.82) is 0 Å². The van der Waals surface area contributed by atoms with E-state index in [2.05, 4.69) is 36.3 Å². The number of hydrogen-bond acceptors (Lipinski definition) is 3. The molecule has 2 rings (SSSR count). The van der Waals surface area contributed by atoms with Crippen LogP contribution in [0, 0.1) is 0 Å². The van der Waals surface area contributed by atoms with Crippen molar-refractivity contribution in [2.45, 2.75) is 52.7 Å². The number of nitrogens with zero attached hydrogens (tertiary/aromatic N) is 4. The maximum absolute atomic E-state index is 4.53. The van der Waals surface area contributed by atoms with Crippen LogP contribution in [0.1, 0.15) is 45.3 Å². The summed E-state index contributed by atoms with van der Waals surface area (Å²) in [4.78, 5) is 0. The van der Waals surface area contributed by atoms with Gasteiger partial charge >= 0.3 is 0 Å². The highest BCUT2D eigenvalue weighted by Gasteiger charge is 2.05. The van der Waals surface area contributed by atoms with E-state index in [0.717, 1.165) is 31.7 Å². The minimum atomic E-state index is 0.446. The molecule has 5 heteroatoms. The monoisotopic (exact) mass is 261 g/mol. The van der Waals surface area contributed by atoms with Gasteiger partial charge in [0.15, 0.2) is 0 Å². The molecule has 0 amide bonds. The first-order valence-corrected chi connectivity index (χ1v) is 7.04. The largest absolute Gasteiger partial charge is 0.363 e. The fourth-order valence-electron chi connectivity index (χ4n) is 1.97. The number of hydrogen-bond donors (Lipinski definition) is 1. The van der Waals surface area contributed by atoms with Crippen LogP contribution >= 0.6 is 0 Å². The van der Waals surface area contributed by atoms with Gasteiger partial charge in [-0.05, 0) is 25.8 Å². The lowest BCUT2D eigenvalue weighted by molar-refractivity contribution is 0.479. The Balaban J connectivity index is 1.94. The minimum absolute atomic E-state index is 0.446. The molecule has 2 aromatic rings. The molecule has 0 aliphatic rings. The zero-order chi connectivity index (χ0) is 13.7. The molecule has 0 aromatic carbocycles. The molecule has 1 N–H and O–H groups in total. The topological polar surface area (TPSA) is 47.7 Å². The van der Waals surface area contributed by atoms with Crippen molar-refractivity contribution in [1.82, 2.24) is 19.6 Å². The lowest BCUT2D eigenvalue weighted by Gasteiger charge is -2.09. The van der Waals surface area contributed by atoms with Gasteiger partial charge in [-0.15, -0.1) is 0 Å². The van der Waals surface area contributed by atoms with Gasteiger partial charge in [0.25, 0.3) is 0 Å². The van der Waals surface area contributed by atoms with Gasteiger partial charge in [-0.25, -0.2) is 0 Å². The maximum atomic E-state index is 4.53. The summed E-state index contributed by atoms with van der Waals surface area (Å²) in [5.74, 6) is 0.921. The fraction of sp³-hybridized carbons (Fsp3) is 0.571. The molecule has 0 saturated carbocycles. The van der Waals surface area contributed by atoms with Gasteiger partial charge in [0, 0.05) is 31.0 Å². The van der Waals surface area contributed by atoms with Gasteiger partial charge in [0.1, 0.15) is 5.82 Å². The Bertz CT molecular complexity index is 499. The van der Waals surface area contributed by atoms with Crippen molar-refractivity contribution in [2.24, 2.45) is 0 Å². The number of anilines is 1. The van der Waals surface area contributed by atoms with Crippen molar-refractivity contribution < 1.29 is 0 Å². The zero-order valence-electron chi connectivity index (χ0n) is 12.0. The second-order valence-corrected chi connectivity index (χ2v) is 4.84. The van der Waals surface area contributed by atoms with Crippen LogP contribution in [0.3, 0.4) is 0 Å². The Hall–Kier alpha value is -1.78. The molecule has 0 bridgehead atoms. The lowest BCUT2D eigenvalue weighted by Crippen LogP contribution is -2.10. The maximum Gasteiger partial charge on any atom is 0.148 e. The first-order chi connectivity index (χ1) is 9.24. The Kier molecular flexibility index (Phi) is 4.60. The minimum Gasteiger partial charge on any atom is -0.363 e. The van der Waals surface area contributed by atoms with Crippen LogP contribution in [-0.4, -0.2) is 19.6 Å². The van der Waals surface area contributed by atoms with E-state index >= 15 is 0 Å². The Morgan fingerprint density at radius 3 is 2.89 bits per heavy atom. The van der Waals surface area contributed by atoms with E-state index < -0.39 is 0 Å². The molecule has 0 aliphatic heterocycles. The third-order valence-electron chi connectivity index (χ3n) is 3.34. The van der Waals surface area contributed by atoms with Crippen LogP contribution in [-0.2, 0) is 13.1 Å². The van der Waals surface area contributed by atoms with Crippen molar-refractivity contribution >= 4 is 5.82 Å². The molecule has 2 aromatic heterocycles. The van der Waals surface area contributed by atoms with E-state index in [9.17, 15) is 0 Å². The van der Waals surface area contributed by atoms with Crippen LogP contribution in [0.4, 0.5) is 5.82 Å². The zero-order valence-corrected chi connectivity index (χ0v) is 12.0. The van der Waals surface area contributed by atoms with Crippen LogP contribution in [0.5, 0.6) is 0 Å². The van der Waals surface area contributed by atoms with Crippen LogP contribution < -0.4 is 5.32 Å². The number of aromatic nitrogens is 4. The molecule has 0 aliphatic carbocycles. The molecular formula is C14H23N5. The van der Waals surface area contributed by atoms with Crippen LogP contribution in [0.2, 0.25) is 0 Å². The highest BCUT2D eigenvalue weighted by atomic mass is 15.3. The van der Waals surface area contributed by atoms with Gasteiger partial charge < -0.3 is 5.32 Å². The highest BCUT2D eigenvalue weighted by Crippen LogP contribution is 2.12. The molecule has 1 unspecified atom stereocenters. The molecule has 0 saturated heterocycles. The molecule has 5 nitrogen and oxygen atoms in total. The number of aryl methyl sites for hydroxylation is 1. The van der Waals surface area contributed by atoms with Crippen molar-refractivity contribution in [3.05, 3.63) is 30.2 Å². The summed E-state index contributed by atoms with van der Waals surface area (Å²) in [6, 6.07) is 4.52. The van der Waals surface area contributed by atoms with Gasteiger partial charge in [-0.2, -0.15) is 10.2 Å². The van der Waals surface area contributed by atoms with E-state index in [-0.39, 0.29) is 0 Å². The summed E-state index contributed by atoms with van der Waals surface area (Å²) in [5, 5.41) is 12.2. The number of rotatable bonds is 7. The molecule has 19 heavy (non-hydrogen) atoms. The Morgan fingerprint density at radius 2 is 2.16 bits per heavy atom. The van der Waals surface area contributed by atoms with Gasteiger partial charge in [0.05, 0.1) is 12.2 Å². The second kappa shape index (κ2) is 6.41. The Morgan fingerprint density at radius 1 is 1.32 bits per heavy atom. The Labute approximate surface area is 114 Å². The van der Waals surface area contributed by atoms with Crippen LogP contribution in [0.15, 0.2) is 24.5 Å². The third kappa shape index (κ3) is 3.36. The molecular weight excluding hydrogens is 238 g/mol. The summed E-state index contributed by atoms with van der Waals surface area (Å²) >= 11 is 0. The van der Waals surface area contributed by atoms with Crippen molar-refractivity contribution in [2.75, 3.05) is 5.32 Å². The molecule has 0 spiro atoms. The number of nitrogens with one attached hydrogen (secondary N) is 1. The summed E-state index contributed by atoms with van der Waals surface area (Å²) in [5.41, 5.74) is 1.19. The predicted molar refractivity (Wildman–Crippen MR) is 77.1 cm³/mol. The van der Waals surface area contributed by atoms with E-state index in [1.807, 2.05) is 33.9 Å². The fourth-order valence-corrected chi connectivity index (χ4v) is 1.97. The van der Waals surface area contributed by atoms with E-state index in [1.54, 1.807) is 0 Å². The first kappa shape index (κ1) is 13.6. The van der Waals surface area contributed by atoms with Gasteiger partial charge in [-0.3, -0.25) is 9.36 Å². The summed E-state index contributed by atoms with van der Waals surface area (Å²) in [6.45, 7) is 8.23. The van der Waals surface area contributed by atoms with Crippen molar-refractivity contribution in [3.63, 3.8) is 0 Å². The highest BCUT2D eigenvalue weighted by molar-refractivity contribution is 5.33. The molecule has 1 atom stereocenters.